The van der Waals surface area contributed by atoms with Crippen LogP contribution in [0, 0.1) is 5.82 Å². The molecule has 1 aromatic rings. The molecule has 0 aliphatic carbocycles. The van der Waals surface area contributed by atoms with Crippen LogP contribution >= 0.6 is 0 Å². The summed E-state index contributed by atoms with van der Waals surface area (Å²) in [7, 11) is 1.35. The molecule has 0 heterocycles. The van der Waals surface area contributed by atoms with Crippen LogP contribution in [0.25, 0.3) is 0 Å². The second kappa shape index (κ2) is 5.96. The fourth-order valence-electron chi connectivity index (χ4n) is 1.84. The Hall–Kier alpha value is -1.42. The maximum Gasteiger partial charge on any atom is 0.330 e. The molecule has 2 atom stereocenters. The first-order valence-electron chi connectivity index (χ1n) is 6.06. The van der Waals surface area contributed by atoms with Crippen molar-refractivity contribution in [3.05, 3.63) is 35.6 Å². The zero-order chi connectivity index (χ0) is 13.8. The lowest BCUT2D eigenvalue weighted by Gasteiger charge is -2.31. The van der Waals surface area contributed by atoms with E-state index in [2.05, 4.69) is 5.32 Å². The van der Waals surface area contributed by atoms with Gasteiger partial charge in [0.15, 0.2) is 0 Å². The first-order valence-corrected chi connectivity index (χ1v) is 6.06. The highest BCUT2D eigenvalue weighted by molar-refractivity contribution is 5.82. The SMILES string of the molecule is CCC(C)NC(C)(C(=O)OC)c1ccc(F)cc1. The maximum atomic E-state index is 12.9. The Labute approximate surface area is 107 Å². The molecule has 3 nitrogen and oxygen atoms in total. The van der Waals surface area contributed by atoms with Gasteiger partial charge in [-0.1, -0.05) is 19.1 Å². The highest BCUT2D eigenvalue weighted by atomic mass is 19.1. The highest BCUT2D eigenvalue weighted by Gasteiger charge is 2.37. The molecular formula is C14H20FNO2. The molecule has 0 saturated heterocycles. The standard InChI is InChI=1S/C14H20FNO2/c1-5-10(2)16-14(3,13(17)18-4)11-6-8-12(15)9-7-11/h6-10,16H,5H2,1-4H3. The number of halogens is 1. The summed E-state index contributed by atoms with van der Waals surface area (Å²) in [6.07, 6.45) is 0.883. The number of ether oxygens (including phenoxy) is 1. The number of methoxy groups -OCH3 is 1. The van der Waals surface area contributed by atoms with Crippen LogP contribution in [0.5, 0.6) is 0 Å². The Morgan fingerprint density at radius 3 is 2.44 bits per heavy atom. The Morgan fingerprint density at radius 2 is 2.00 bits per heavy atom. The number of benzene rings is 1. The molecule has 1 N–H and O–H groups in total. The molecule has 100 valence electrons. The second-order valence-electron chi connectivity index (χ2n) is 4.58. The first-order chi connectivity index (χ1) is 8.43. The van der Waals surface area contributed by atoms with Gasteiger partial charge in [0.05, 0.1) is 7.11 Å². The average Bonchev–Trinajstić information content (AvgIpc) is 2.38. The quantitative estimate of drug-likeness (QED) is 0.820. The molecule has 1 aromatic carbocycles. The Balaban J connectivity index is 3.11. The lowest BCUT2D eigenvalue weighted by atomic mass is 9.91. The molecule has 1 rings (SSSR count). The molecule has 0 aliphatic rings. The van der Waals surface area contributed by atoms with Gasteiger partial charge < -0.3 is 4.74 Å². The van der Waals surface area contributed by atoms with E-state index in [1.54, 1.807) is 19.1 Å². The minimum absolute atomic E-state index is 0.152. The van der Waals surface area contributed by atoms with Gasteiger partial charge in [0, 0.05) is 6.04 Å². The van der Waals surface area contributed by atoms with Crippen LogP contribution < -0.4 is 5.32 Å². The zero-order valence-corrected chi connectivity index (χ0v) is 11.3. The monoisotopic (exact) mass is 253 g/mol. The third kappa shape index (κ3) is 3.07. The molecule has 0 aliphatic heterocycles. The summed E-state index contributed by atoms with van der Waals surface area (Å²) < 4.78 is 17.8. The summed E-state index contributed by atoms with van der Waals surface area (Å²) in [5, 5.41) is 3.23. The van der Waals surface area contributed by atoms with Crippen LogP contribution in [0.2, 0.25) is 0 Å². The summed E-state index contributed by atoms with van der Waals surface area (Å²) in [6.45, 7) is 5.77. The predicted octanol–water partition coefficient (Wildman–Crippen LogP) is 2.60. The highest BCUT2D eigenvalue weighted by Crippen LogP contribution is 2.24. The number of esters is 1. The van der Waals surface area contributed by atoms with Crippen molar-refractivity contribution >= 4 is 5.97 Å². The van der Waals surface area contributed by atoms with Gasteiger partial charge in [-0.15, -0.1) is 0 Å². The van der Waals surface area contributed by atoms with Crippen LogP contribution in [0.4, 0.5) is 4.39 Å². The minimum atomic E-state index is -0.960. The Kier molecular flexibility index (Phi) is 4.84. The minimum Gasteiger partial charge on any atom is -0.467 e. The number of hydrogen-bond donors (Lipinski definition) is 1. The fraction of sp³-hybridized carbons (Fsp3) is 0.500. The Morgan fingerprint density at radius 1 is 1.44 bits per heavy atom. The zero-order valence-electron chi connectivity index (χ0n) is 11.3. The summed E-state index contributed by atoms with van der Waals surface area (Å²) in [5.41, 5.74) is -0.270. The van der Waals surface area contributed by atoms with Crippen LogP contribution in [0.1, 0.15) is 32.8 Å². The van der Waals surface area contributed by atoms with Gasteiger partial charge in [-0.05, 0) is 38.0 Å². The third-order valence-electron chi connectivity index (χ3n) is 3.16. The van der Waals surface area contributed by atoms with Crippen molar-refractivity contribution in [1.82, 2.24) is 5.32 Å². The van der Waals surface area contributed by atoms with Gasteiger partial charge in [0.1, 0.15) is 11.4 Å². The van der Waals surface area contributed by atoms with Gasteiger partial charge in [-0.25, -0.2) is 9.18 Å². The van der Waals surface area contributed by atoms with Gasteiger partial charge in [-0.2, -0.15) is 0 Å². The second-order valence-corrected chi connectivity index (χ2v) is 4.58. The van der Waals surface area contributed by atoms with Crippen molar-refractivity contribution in [2.24, 2.45) is 0 Å². The number of rotatable bonds is 5. The van der Waals surface area contributed by atoms with E-state index in [9.17, 15) is 9.18 Å². The molecule has 0 spiro atoms. The number of nitrogens with one attached hydrogen (secondary N) is 1. The molecule has 0 radical (unpaired) electrons. The molecule has 18 heavy (non-hydrogen) atoms. The predicted molar refractivity (Wildman–Crippen MR) is 68.7 cm³/mol. The number of carbonyl (C=O) groups excluding carboxylic acids is 1. The van der Waals surface area contributed by atoms with Crippen molar-refractivity contribution in [1.29, 1.82) is 0 Å². The van der Waals surface area contributed by atoms with E-state index in [-0.39, 0.29) is 17.8 Å². The van der Waals surface area contributed by atoms with Crippen LogP contribution in [0.15, 0.2) is 24.3 Å². The van der Waals surface area contributed by atoms with Crippen molar-refractivity contribution in [3.63, 3.8) is 0 Å². The summed E-state index contributed by atoms with van der Waals surface area (Å²) in [5.74, 6) is -0.705. The van der Waals surface area contributed by atoms with Crippen molar-refractivity contribution < 1.29 is 13.9 Å². The van der Waals surface area contributed by atoms with E-state index in [1.807, 2.05) is 13.8 Å². The average molecular weight is 253 g/mol. The van der Waals surface area contributed by atoms with Crippen molar-refractivity contribution in [2.45, 2.75) is 38.8 Å². The molecule has 4 heteroatoms. The topological polar surface area (TPSA) is 38.3 Å². The largest absolute Gasteiger partial charge is 0.467 e. The summed E-state index contributed by atoms with van der Waals surface area (Å²) >= 11 is 0. The lowest BCUT2D eigenvalue weighted by molar-refractivity contribution is -0.148. The summed E-state index contributed by atoms with van der Waals surface area (Å²) in [6, 6.07) is 6.03. The number of carbonyl (C=O) groups is 1. The van der Waals surface area contributed by atoms with Crippen LogP contribution in [-0.2, 0) is 15.1 Å². The summed E-state index contributed by atoms with van der Waals surface area (Å²) in [4.78, 5) is 12.0. The molecule has 0 amide bonds. The van der Waals surface area contributed by atoms with Gasteiger partial charge in [0.2, 0.25) is 0 Å². The smallest absolute Gasteiger partial charge is 0.330 e. The first kappa shape index (κ1) is 14.6. The van der Waals surface area contributed by atoms with E-state index < -0.39 is 5.54 Å². The third-order valence-corrected chi connectivity index (χ3v) is 3.16. The number of hydrogen-bond acceptors (Lipinski definition) is 3. The molecule has 0 saturated carbocycles. The van der Waals surface area contributed by atoms with Crippen LogP contribution in [-0.4, -0.2) is 19.1 Å². The van der Waals surface area contributed by atoms with E-state index in [0.717, 1.165) is 6.42 Å². The molecule has 0 aromatic heterocycles. The molecule has 2 unspecified atom stereocenters. The van der Waals surface area contributed by atoms with Crippen molar-refractivity contribution in [2.75, 3.05) is 7.11 Å². The van der Waals surface area contributed by atoms with Crippen LogP contribution in [0.3, 0.4) is 0 Å². The van der Waals surface area contributed by atoms with Crippen molar-refractivity contribution in [3.8, 4) is 0 Å². The lowest BCUT2D eigenvalue weighted by Crippen LogP contribution is -2.50. The van der Waals surface area contributed by atoms with Gasteiger partial charge in [-0.3, -0.25) is 5.32 Å². The molecule has 0 bridgehead atoms. The molecular weight excluding hydrogens is 233 g/mol. The van der Waals surface area contributed by atoms with E-state index in [1.165, 1.54) is 19.2 Å². The Bertz CT molecular complexity index is 405. The van der Waals surface area contributed by atoms with Gasteiger partial charge >= 0.3 is 5.97 Å². The van der Waals surface area contributed by atoms with E-state index in [0.29, 0.717) is 5.56 Å². The normalized spacial score (nSPS) is 15.8. The molecule has 0 fully saturated rings. The maximum absolute atomic E-state index is 12.9. The van der Waals surface area contributed by atoms with E-state index in [4.69, 9.17) is 4.74 Å². The van der Waals surface area contributed by atoms with E-state index >= 15 is 0 Å². The van der Waals surface area contributed by atoms with Gasteiger partial charge in [0.25, 0.3) is 0 Å². The fourth-order valence-corrected chi connectivity index (χ4v) is 1.84.